The second-order valence-corrected chi connectivity index (χ2v) is 9.64. The Hall–Kier alpha value is -2.07. The molecular weight excluding hydrogens is 456 g/mol. The van der Waals surface area contributed by atoms with Gasteiger partial charge in [-0.1, -0.05) is 40.2 Å². The lowest BCUT2D eigenvalue weighted by Gasteiger charge is -2.33. The molecule has 1 aliphatic heterocycles. The van der Waals surface area contributed by atoms with Gasteiger partial charge < -0.3 is 0 Å². The third-order valence-corrected chi connectivity index (χ3v) is 7.17. The van der Waals surface area contributed by atoms with Crippen LogP contribution in [0, 0.1) is 6.92 Å². The van der Waals surface area contributed by atoms with Crippen LogP contribution in [0.1, 0.15) is 11.1 Å². The normalized spacial score (nSPS) is 16.2. The van der Waals surface area contributed by atoms with Crippen molar-refractivity contribution < 1.29 is 13.2 Å². The summed E-state index contributed by atoms with van der Waals surface area (Å²) in [5, 5.41) is 4.01. The van der Waals surface area contributed by atoms with Crippen LogP contribution in [-0.2, 0) is 14.8 Å². The van der Waals surface area contributed by atoms with Crippen LogP contribution in [0.25, 0.3) is 0 Å². The van der Waals surface area contributed by atoms with Crippen molar-refractivity contribution in [2.24, 2.45) is 5.10 Å². The van der Waals surface area contributed by atoms with E-state index < -0.39 is 10.0 Å². The molecule has 154 valence electrons. The number of carbonyl (C=O) groups is 1. The van der Waals surface area contributed by atoms with Gasteiger partial charge in [0.1, 0.15) is 0 Å². The predicted molar refractivity (Wildman–Crippen MR) is 116 cm³/mol. The molecule has 2 aromatic carbocycles. The smallest absolute Gasteiger partial charge is 0.254 e. The van der Waals surface area contributed by atoms with Crippen molar-refractivity contribution in [3.8, 4) is 0 Å². The standard InChI is InChI=1S/C20H23BrN4O3S/c1-16-4-2-3-5-17(16)14-22-23-20(26)15-24-10-12-25(13-11-24)29(27,28)19-8-6-18(21)7-9-19/h2-9,14H,10-13,15H2,1H3,(H,23,26). The Balaban J connectivity index is 1.48. The Morgan fingerprint density at radius 1 is 1.10 bits per heavy atom. The molecular formula is C20H23BrN4O3S. The van der Waals surface area contributed by atoms with Gasteiger partial charge in [0, 0.05) is 30.7 Å². The molecule has 0 aromatic heterocycles. The molecule has 2 aromatic rings. The van der Waals surface area contributed by atoms with Crippen molar-refractivity contribution in [2.75, 3.05) is 32.7 Å². The van der Waals surface area contributed by atoms with Gasteiger partial charge in [-0.15, -0.1) is 0 Å². The number of rotatable bonds is 6. The monoisotopic (exact) mass is 478 g/mol. The molecule has 0 saturated carbocycles. The summed E-state index contributed by atoms with van der Waals surface area (Å²) < 4.78 is 27.7. The maximum Gasteiger partial charge on any atom is 0.254 e. The molecule has 1 saturated heterocycles. The first-order valence-electron chi connectivity index (χ1n) is 9.22. The van der Waals surface area contributed by atoms with E-state index in [4.69, 9.17) is 0 Å². The Morgan fingerprint density at radius 3 is 2.41 bits per heavy atom. The number of halogens is 1. The lowest BCUT2D eigenvalue weighted by atomic mass is 10.1. The minimum Gasteiger partial charge on any atom is -0.292 e. The molecule has 1 fully saturated rings. The number of hydrogen-bond acceptors (Lipinski definition) is 5. The number of hydrazone groups is 1. The van der Waals surface area contributed by atoms with E-state index in [-0.39, 0.29) is 17.3 Å². The lowest BCUT2D eigenvalue weighted by Crippen LogP contribution is -2.50. The van der Waals surface area contributed by atoms with Crippen LogP contribution in [0.15, 0.2) is 63.0 Å². The van der Waals surface area contributed by atoms with Crippen LogP contribution in [0.4, 0.5) is 0 Å². The van der Waals surface area contributed by atoms with Gasteiger partial charge in [-0.05, 0) is 42.3 Å². The fourth-order valence-electron chi connectivity index (χ4n) is 3.03. The van der Waals surface area contributed by atoms with Crippen LogP contribution in [-0.4, -0.2) is 62.5 Å². The van der Waals surface area contributed by atoms with Crippen molar-refractivity contribution in [1.82, 2.24) is 14.6 Å². The van der Waals surface area contributed by atoms with Gasteiger partial charge in [-0.3, -0.25) is 9.69 Å². The van der Waals surface area contributed by atoms with Gasteiger partial charge in [0.25, 0.3) is 5.91 Å². The Labute approximate surface area is 179 Å². The van der Waals surface area contributed by atoms with Gasteiger partial charge in [0.2, 0.25) is 10.0 Å². The minimum absolute atomic E-state index is 0.178. The van der Waals surface area contributed by atoms with Gasteiger partial charge in [-0.2, -0.15) is 9.41 Å². The summed E-state index contributed by atoms with van der Waals surface area (Å²) >= 11 is 3.31. The molecule has 29 heavy (non-hydrogen) atoms. The molecule has 3 rings (SSSR count). The van der Waals surface area contributed by atoms with Crippen LogP contribution in [0.3, 0.4) is 0 Å². The highest BCUT2D eigenvalue weighted by molar-refractivity contribution is 9.10. The summed E-state index contributed by atoms with van der Waals surface area (Å²) in [5.74, 6) is -0.223. The van der Waals surface area contributed by atoms with Crippen molar-refractivity contribution in [1.29, 1.82) is 0 Å². The summed E-state index contributed by atoms with van der Waals surface area (Å²) in [6.45, 7) is 3.83. The summed E-state index contributed by atoms with van der Waals surface area (Å²) in [7, 11) is -3.52. The van der Waals surface area contributed by atoms with E-state index in [1.54, 1.807) is 30.5 Å². The lowest BCUT2D eigenvalue weighted by molar-refractivity contribution is -0.122. The maximum absolute atomic E-state index is 12.7. The van der Waals surface area contributed by atoms with E-state index in [9.17, 15) is 13.2 Å². The molecule has 9 heteroatoms. The second-order valence-electron chi connectivity index (χ2n) is 6.78. The zero-order valence-corrected chi connectivity index (χ0v) is 18.5. The van der Waals surface area contributed by atoms with E-state index in [0.717, 1.165) is 15.6 Å². The van der Waals surface area contributed by atoms with Crippen molar-refractivity contribution >= 4 is 38.1 Å². The van der Waals surface area contributed by atoms with Crippen LogP contribution < -0.4 is 5.43 Å². The molecule has 1 N–H and O–H groups in total. The Morgan fingerprint density at radius 2 is 1.76 bits per heavy atom. The number of benzene rings is 2. The quantitative estimate of drug-likeness (QED) is 0.509. The molecule has 0 aliphatic carbocycles. The van der Waals surface area contributed by atoms with Crippen molar-refractivity contribution in [3.63, 3.8) is 0 Å². The second kappa shape index (κ2) is 9.62. The number of aryl methyl sites for hydroxylation is 1. The van der Waals surface area contributed by atoms with Crippen molar-refractivity contribution in [2.45, 2.75) is 11.8 Å². The number of amides is 1. The summed E-state index contributed by atoms with van der Waals surface area (Å²) in [4.78, 5) is 14.3. The molecule has 0 bridgehead atoms. The number of hydrogen-bond donors (Lipinski definition) is 1. The third kappa shape index (κ3) is 5.72. The molecule has 0 unspecified atom stereocenters. The highest BCUT2D eigenvalue weighted by Crippen LogP contribution is 2.20. The first-order valence-corrected chi connectivity index (χ1v) is 11.5. The average molecular weight is 479 g/mol. The van der Waals surface area contributed by atoms with Gasteiger partial charge in [-0.25, -0.2) is 13.8 Å². The molecule has 7 nitrogen and oxygen atoms in total. The molecule has 1 heterocycles. The Kier molecular flexibility index (Phi) is 7.18. The number of nitrogens with one attached hydrogen (secondary N) is 1. The van der Waals surface area contributed by atoms with Gasteiger partial charge in [0.15, 0.2) is 0 Å². The third-order valence-electron chi connectivity index (χ3n) is 4.73. The van der Waals surface area contributed by atoms with Crippen LogP contribution in [0.2, 0.25) is 0 Å². The van der Waals surface area contributed by atoms with E-state index in [0.29, 0.717) is 26.2 Å². The maximum atomic E-state index is 12.7. The number of sulfonamides is 1. The van der Waals surface area contributed by atoms with Crippen molar-refractivity contribution in [3.05, 3.63) is 64.1 Å². The van der Waals surface area contributed by atoms with E-state index in [2.05, 4.69) is 26.5 Å². The summed E-state index contributed by atoms with van der Waals surface area (Å²) in [5.41, 5.74) is 4.55. The average Bonchev–Trinajstić information content (AvgIpc) is 2.70. The molecule has 1 aliphatic rings. The minimum atomic E-state index is -3.52. The Bertz CT molecular complexity index is 985. The van der Waals surface area contributed by atoms with Crippen LogP contribution in [0.5, 0.6) is 0 Å². The molecule has 0 spiro atoms. The van der Waals surface area contributed by atoms with Crippen LogP contribution >= 0.6 is 15.9 Å². The number of piperazine rings is 1. The molecule has 1 amide bonds. The molecule has 0 atom stereocenters. The van der Waals surface area contributed by atoms with Gasteiger partial charge in [0.05, 0.1) is 17.7 Å². The fraction of sp³-hybridized carbons (Fsp3) is 0.300. The largest absolute Gasteiger partial charge is 0.292 e. The zero-order valence-electron chi connectivity index (χ0n) is 16.1. The topological polar surface area (TPSA) is 82.1 Å². The van der Waals surface area contributed by atoms with E-state index in [1.807, 2.05) is 36.1 Å². The highest BCUT2D eigenvalue weighted by Gasteiger charge is 2.28. The number of nitrogens with zero attached hydrogens (tertiary/aromatic N) is 3. The van der Waals surface area contributed by atoms with E-state index >= 15 is 0 Å². The predicted octanol–water partition coefficient (Wildman–Crippen LogP) is 2.21. The number of carbonyl (C=O) groups excluding carboxylic acids is 1. The first-order chi connectivity index (χ1) is 13.9. The van der Waals surface area contributed by atoms with E-state index in [1.165, 1.54) is 4.31 Å². The SMILES string of the molecule is Cc1ccccc1C=NNC(=O)CN1CCN(S(=O)(=O)c2ccc(Br)cc2)CC1. The summed E-state index contributed by atoms with van der Waals surface area (Å²) in [6.07, 6.45) is 1.62. The fourth-order valence-corrected chi connectivity index (χ4v) is 4.71. The zero-order chi connectivity index (χ0) is 20.9. The summed E-state index contributed by atoms with van der Waals surface area (Å²) in [6, 6.07) is 14.4. The van der Waals surface area contributed by atoms with Gasteiger partial charge >= 0.3 is 0 Å². The molecule has 0 radical (unpaired) electrons. The highest BCUT2D eigenvalue weighted by atomic mass is 79.9. The first kappa shape index (κ1) is 21.6.